The van der Waals surface area contributed by atoms with Gasteiger partial charge in [-0.2, -0.15) is 9.40 Å². The minimum absolute atomic E-state index is 0.0404. The lowest BCUT2D eigenvalue weighted by Crippen LogP contribution is -2.30. The van der Waals surface area contributed by atoms with Crippen LogP contribution in [0.4, 0.5) is 0 Å². The first-order chi connectivity index (χ1) is 14.0. The summed E-state index contributed by atoms with van der Waals surface area (Å²) in [5.41, 5.74) is 1.82. The zero-order valence-corrected chi connectivity index (χ0v) is 17.2. The van der Waals surface area contributed by atoms with Crippen LogP contribution >= 0.6 is 0 Å². The van der Waals surface area contributed by atoms with E-state index in [2.05, 4.69) is 5.10 Å². The van der Waals surface area contributed by atoms with Crippen LogP contribution in [0.15, 0.2) is 71.9 Å². The SMILES string of the molecule is CCN(CC)S(=O)(=O)c1cccc(C(=O)OCc2cnn(-c3ccccc3)c2)c1. The number of hydrogen-bond acceptors (Lipinski definition) is 5. The highest BCUT2D eigenvalue weighted by Gasteiger charge is 2.22. The molecule has 152 valence electrons. The average Bonchev–Trinajstić information content (AvgIpc) is 3.22. The third-order valence-electron chi connectivity index (χ3n) is 4.44. The molecule has 3 aromatic rings. The van der Waals surface area contributed by atoms with Crippen molar-refractivity contribution in [2.45, 2.75) is 25.3 Å². The molecule has 0 spiro atoms. The van der Waals surface area contributed by atoms with Crippen molar-refractivity contribution in [2.24, 2.45) is 0 Å². The van der Waals surface area contributed by atoms with Crippen molar-refractivity contribution in [3.8, 4) is 5.69 Å². The third-order valence-corrected chi connectivity index (χ3v) is 6.49. The van der Waals surface area contributed by atoms with E-state index < -0.39 is 16.0 Å². The van der Waals surface area contributed by atoms with Crippen molar-refractivity contribution >= 4 is 16.0 Å². The smallest absolute Gasteiger partial charge is 0.338 e. The Balaban J connectivity index is 1.70. The van der Waals surface area contributed by atoms with Gasteiger partial charge in [-0.05, 0) is 30.3 Å². The molecule has 29 heavy (non-hydrogen) atoms. The molecular formula is C21H23N3O4S. The van der Waals surface area contributed by atoms with Crippen molar-refractivity contribution in [1.82, 2.24) is 14.1 Å². The first-order valence-electron chi connectivity index (χ1n) is 9.32. The number of carbonyl (C=O) groups excluding carboxylic acids is 1. The van der Waals surface area contributed by atoms with Gasteiger partial charge in [0.1, 0.15) is 6.61 Å². The molecule has 8 heteroatoms. The Hall–Kier alpha value is -2.97. The number of carbonyl (C=O) groups is 1. The van der Waals surface area contributed by atoms with Crippen LogP contribution in [0.5, 0.6) is 0 Å². The second-order valence-electron chi connectivity index (χ2n) is 6.32. The maximum absolute atomic E-state index is 12.6. The summed E-state index contributed by atoms with van der Waals surface area (Å²) in [6.45, 7) is 4.31. The Labute approximate surface area is 170 Å². The highest BCUT2D eigenvalue weighted by Crippen LogP contribution is 2.18. The molecule has 0 aliphatic rings. The van der Waals surface area contributed by atoms with Gasteiger partial charge in [0.15, 0.2) is 0 Å². The van der Waals surface area contributed by atoms with Crippen molar-refractivity contribution in [3.63, 3.8) is 0 Å². The first-order valence-corrected chi connectivity index (χ1v) is 10.8. The van der Waals surface area contributed by atoms with Gasteiger partial charge in [-0.3, -0.25) is 0 Å². The van der Waals surface area contributed by atoms with Crippen LogP contribution in [0.2, 0.25) is 0 Å². The predicted octanol–water partition coefficient (Wildman–Crippen LogP) is 3.26. The van der Waals surface area contributed by atoms with Crippen molar-refractivity contribution < 1.29 is 17.9 Å². The molecule has 0 radical (unpaired) electrons. The summed E-state index contributed by atoms with van der Waals surface area (Å²) in [5.74, 6) is -0.589. The molecule has 0 unspecified atom stereocenters. The number of esters is 1. The van der Waals surface area contributed by atoms with E-state index in [4.69, 9.17) is 4.74 Å². The van der Waals surface area contributed by atoms with Gasteiger partial charge in [0.25, 0.3) is 0 Å². The van der Waals surface area contributed by atoms with Gasteiger partial charge in [-0.25, -0.2) is 17.9 Å². The number of aromatic nitrogens is 2. The predicted molar refractivity (Wildman–Crippen MR) is 109 cm³/mol. The number of para-hydroxylation sites is 1. The lowest BCUT2D eigenvalue weighted by atomic mass is 10.2. The lowest BCUT2D eigenvalue weighted by Gasteiger charge is -2.18. The molecule has 1 heterocycles. The summed E-state index contributed by atoms with van der Waals surface area (Å²) in [5, 5.41) is 4.26. The summed E-state index contributed by atoms with van der Waals surface area (Å²) >= 11 is 0. The molecule has 0 fully saturated rings. The van der Waals surface area contributed by atoms with Crippen LogP contribution in [0.3, 0.4) is 0 Å². The van der Waals surface area contributed by atoms with Crippen LogP contribution in [0.25, 0.3) is 5.69 Å². The number of rotatable bonds is 8. The van der Waals surface area contributed by atoms with Gasteiger partial charge in [0.2, 0.25) is 10.0 Å². The highest BCUT2D eigenvalue weighted by atomic mass is 32.2. The topological polar surface area (TPSA) is 81.5 Å². The van der Waals surface area contributed by atoms with E-state index >= 15 is 0 Å². The Bertz CT molecular complexity index is 1070. The van der Waals surface area contributed by atoms with Crippen LogP contribution < -0.4 is 0 Å². The second-order valence-corrected chi connectivity index (χ2v) is 8.26. The molecule has 1 aromatic heterocycles. The molecule has 0 saturated heterocycles. The van der Waals surface area contributed by atoms with Crippen molar-refractivity contribution in [3.05, 3.63) is 78.1 Å². The maximum atomic E-state index is 12.6. The van der Waals surface area contributed by atoms with Gasteiger partial charge in [-0.15, -0.1) is 0 Å². The normalized spacial score (nSPS) is 11.6. The quantitative estimate of drug-likeness (QED) is 0.530. The molecule has 7 nitrogen and oxygen atoms in total. The molecular weight excluding hydrogens is 390 g/mol. The van der Waals surface area contributed by atoms with Crippen molar-refractivity contribution in [1.29, 1.82) is 0 Å². The molecule has 0 aliphatic carbocycles. The van der Waals surface area contributed by atoms with E-state index in [1.165, 1.54) is 22.5 Å². The Morgan fingerprint density at radius 1 is 1.07 bits per heavy atom. The highest BCUT2D eigenvalue weighted by molar-refractivity contribution is 7.89. The number of ether oxygens (including phenoxy) is 1. The fraction of sp³-hybridized carbons (Fsp3) is 0.238. The molecule has 0 bridgehead atoms. The van der Waals surface area contributed by atoms with Gasteiger partial charge in [0.05, 0.1) is 22.3 Å². The molecule has 0 aliphatic heterocycles. The van der Waals surface area contributed by atoms with Crippen LogP contribution in [0, 0.1) is 0 Å². The Morgan fingerprint density at radius 2 is 1.79 bits per heavy atom. The lowest BCUT2D eigenvalue weighted by molar-refractivity contribution is 0.0472. The standard InChI is InChI=1S/C21H23N3O4S/c1-3-23(4-2)29(26,27)20-12-8-9-18(13-20)21(25)28-16-17-14-22-24(15-17)19-10-6-5-7-11-19/h5-15H,3-4,16H2,1-2H3. The van der Waals surface area contributed by atoms with Gasteiger partial charge in [-0.1, -0.05) is 38.1 Å². The van der Waals surface area contributed by atoms with E-state index in [1.54, 1.807) is 37.0 Å². The fourth-order valence-corrected chi connectivity index (χ4v) is 4.39. The summed E-state index contributed by atoms with van der Waals surface area (Å²) in [7, 11) is -3.64. The van der Waals surface area contributed by atoms with Crippen LogP contribution in [0.1, 0.15) is 29.8 Å². The summed E-state index contributed by atoms with van der Waals surface area (Å²) in [4.78, 5) is 12.5. The molecule has 0 atom stereocenters. The largest absolute Gasteiger partial charge is 0.457 e. The Morgan fingerprint density at radius 3 is 2.48 bits per heavy atom. The summed E-state index contributed by atoms with van der Waals surface area (Å²) in [6.07, 6.45) is 3.41. The number of nitrogens with zero attached hydrogens (tertiary/aromatic N) is 3. The third kappa shape index (κ3) is 4.72. The van der Waals surface area contributed by atoms with E-state index in [9.17, 15) is 13.2 Å². The number of benzene rings is 2. The summed E-state index contributed by atoms with van der Waals surface area (Å²) < 4.78 is 33.7. The molecule has 2 aromatic carbocycles. The van der Waals surface area contributed by atoms with Gasteiger partial charge in [0, 0.05) is 24.8 Å². The molecule has 0 N–H and O–H groups in total. The number of sulfonamides is 1. The maximum Gasteiger partial charge on any atom is 0.338 e. The van der Waals surface area contributed by atoms with E-state index in [1.807, 2.05) is 30.3 Å². The summed E-state index contributed by atoms with van der Waals surface area (Å²) in [6, 6.07) is 15.5. The van der Waals surface area contributed by atoms with E-state index in [0.29, 0.717) is 13.1 Å². The van der Waals surface area contributed by atoms with Crippen LogP contribution in [-0.4, -0.2) is 41.6 Å². The van der Waals surface area contributed by atoms with E-state index in [-0.39, 0.29) is 17.1 Å². The minimum atomic E-state index is -3.64. The first kappa shape index (κ1) is 20.8. The molecule has 0 amide bonds. The number of hydrogen-bond donors (Lipinski definition) is 0. The molecule has 0 saturated carbocycles. The monoisotopic (exact) mass is 413 g/mol. The molecule has 3 rings (SSSR count). The van der Waals surface area contributed by atoms with Gasteiger partial charge >= 0.3 is 5.97 Å². The van der Waals surface area contributed by atoms with E-state index in [0.717, 1.165) is 11.3 Å². The fourth-order valence-electron chi connectivity index (χ4n) is 2.88. The zero-order valence-electron chi connectivity index (χ0n) is 16.4. The zero-order chi connectivity index (χ0) is 20.9. The van der Waals surface area contributed by atoms with Gasteiger partial charge < -0.3 is 4.74 Å². The Kier molecular flexibility index (Phi) is 6.46. The second kappa shape index (κ2) is 9.02. The van der Waals surface area contributed by atoms with Crippen LogP contribution in [-0.2, 0) is 21.4 Å². The van der Waals surface area contributed by atoms with Crippen molar-refractivity contribution in [2.75, 3.05) is 13.1 Å². The minimum Gasteiger partial charge on any atom is -0.457 e. The average molecular weight is 413 g/mol.